The number of aliphatic hydroxyl groups is 1. The summed E-state index contributed by atoms with van der Waals surface area (Å²) in [5, 5.41) is 12.7. The van der Waals surface area contributed by atoms with E-state index in [1.54, 1.807) is 17.0 Å². The van der Waals surface area contributed by atoms with Crippen LogP contribution < -0.4 is 5.32 Å². The van der Waals surface area contributed by atoms with Gasteiger partial charge in [-0.2, -0.15) is 0 Å². The number of rotatable bonds is 4. The van der Waals surface area contributed by atoms with Gasteiger partial charge in [0, 0.05) is 18.2 Å². The number of hydrogen-bond donors (Lipinski definition) is 2. The van der Waals surface area contributed by atoms with Gasteiger partial charge in [-0.3, -0.25) is 4.79 Å². The van der Waals surface area contributed by atoms with Gasteiger partial charge in [0.1, 0.15) is 18.2 Å². The van der Waals surface area contributed by atoms with Gasteiger partial charge in [-0.25, -0.2) is 13.6 Å². The number of fused-ring (bicyclic) bond motifs is 1. The first kappa shape index (κ1) is 22.0. The van der Waals surface area contributed by atoms with E-state index in [9.17, 15) is 23.5 Å². The summed E-state index contributed by atoms with van der Waals surface area (Å²) in [5.74, 6) is -1.04. The summed E-state index contributed by atoms with van der Waals surface area (Å²) in [5.41, 5.74) is 3.22. The lowest BCUT2D eigenvalue weighted by Crippen LogP contribution is -2.73. The van der Waals surface area contributed by atoms with Crippen molar-refractivity contribution in [1.82, 2.24) is 9.80 Å². The molecule has 3 aromatic rings. The van der Waals surface area contributed by atoms with Crippen LogP contribution in [0.25, 0.3) is 11.1 Å². The molecule has 0 bridgehead atoms. The number of carbonyl (C=O) groups excluding carboxylic acids is 2. The van der Waals surface area contributed by atoms with Crippen LogP contribution in [0.1, 0.15) is 11.5 Å². The molecule has 0 aromatic heterocycles. The van der Waals surface area contributed by atoms with Crippen molar-refractivity contribution < 1.29 is 23.5 Å². The molecule has 0 aliphatic carbocycles. The van der Waals surface area contributed by atoms with Crippen molar-refractivity contribution in [3.63, 3.8) is 0 Å². The normalized spacial score (nSPS) is 21.6. The number of nitrogens with zero attached hydrogens (tertiary/aromatic N) is 2. The highest BCUT2D eigenvalue weighted by molar-refractivity contribution is 5.93. The number of nitrogens with one attached hydrogen (secondary N) is 1. The average molecular weight is 463 g/mol. The Morgan fingerprint density at radius 3 is 2.06 bits per heavy atom. The van der Waals surface area contributed by atoms with Crippen LogP contribution in [0.5, 0.6) is 0 Å². The zero-order valence-electron chi connectivity index (χ0n) is 18.2. The fraction of sp³-hybridized carbons (Fsp3) is 0.231. The molecule has 2 heterocycles. The Morgan fingerprint density at radius 2 is 1.47 bits per heavy atom. The minimum atomic E-state index is -0.433. The van der Waals surface area contributed by atoms with E-state index in [2.05, 4.69) is 5.32 Å². The van der Waals surface area contributed by atoms with Crippen LogP contribution in [-0.4, -0.2) is 58.6 Å². The molecule has 0 saturated carbocycles. The Morgan fingerprint density at radius 1 is 0.912 bits per heavy atom. The Hall–Kier alpha value is -3.78. The van der Waals surface area contributed by atoms with Gasteiger partial charge in [-0.05, 0) is 53.1 Å². The average Bonchev–Trinajstić information content (AvgIpc) is 2.83. The minimum absolute atomic E-state index is 0.0871. The van der Waals surface area contributed by atoms with E-state index >= 15 is 0 Å². The van der Waals surface area contributed by atoms with Crippen molar-refractivity contribution >= 4 is 17.6 Å². The molecule has 2 fully saturated rings. The van der Waals surface area contributed by atoms with E-state index < -0.39 is 11.8 Å². The highest BCUT2D eigenvalue weighted by Crippen LogP contribution is 2.43. The number of aliphatic hydroxyl groups excluding tert-OH is 1. The first-order valence-corrected chi connectivity index (χ1v) is 11.0. The van der Waals surface area contributed by atoms with Crippen molar-refractivity contribution in [3.8, 4) is 11.1 Å². The summed E-state index contributed by atoms with van der Waals surface area (Å²) in [7, 11) is 0. The predicted octanol–water partition coefficient (Wildman–Crippen LogP) is 3.83. The van der Waals surface area contributed by atoms with Gasteiger partial charge in [-0.1, -0.05) is 36.4 Å². The molecule has 3 atom stereocenters. The summed E-state index contributed by atoms with van der Waals surface area (Å²) in [4.78, 5) is 28.7. The van der Waals surface area contributed by atoms with Crippen LogP contribution in [-0.2, 0) is 4.79 Å². The molecular weight excluding hydrogens is 440 g/mol. The lowest BCUT2D eigenvalue weighted by molar-refractivity contribution is -0.159. The molecule has 0 unspecified atom stereocenters. The maximum atomic E-state index is 13.2. The Labute approximate surface area is 195 Å². The third-order valence-electron chi connectivity index (χ3n) is 6.61. The molecule has 6 nitrogen and oxygen atoms in total. The molecule has 0 radical (unpaired) electrons. The maximum absolute atomic E-state index is 13.2. The number of anilines is 1. The maximum Gasteiger partial charge on any atom is 0.322 e. The second-order valence-electron chi connectivity index (χ2n) is 8.59. The van der Waals surface area contributed by atoms with Crippen molar-refractivity contribution in [2.75, 3.05) is 25.0 Å². The number of halogens is 2. The molecule has 174 valence electrons. The number of amides is 3. The van der Waals surface area contributed by atoms with Crippen molar-refractivity contribution in [2.24, 2.45) is 0 Å². The van der Waals surface area contributed by atoms with Gasteiger partial charge < -0.3 is 20.2 Å². The molecule has 2 N–H and O–H groups in total. The molecule has 8 heteroatoms. The minimum Gasteiger partial charge on any atom is -0.394 e. The summed E-state index contributed by atoms with van der Waals surface area (Å²) in [6.45, 7) is 0.0598. The van der Waals surface area contributed by atoms with E-state index in [0.29, 0.717) is 12.2 Å². The first-order chi connectivity index (χ1) is 16.4. The SMILES string of the molecule is O=C(Nc1ccc(F)cc1)N1CC(=O)N2[C@H](C1)[C@H](c1ccc(-c3ccc(F)cc3)cc1)[C@@H]2CO. The number of hydrogen-bond acceptors (Lipinski definition) is 3. The quantitative estimate of drug-likeness (QED) is 0.618. The zero-order valence-corrected chi connectivity index (χ0v) is 18.2. The summed E-state index contributed by atoms with van der Waals surface area (Å²) in [6.07, 6.45) is 0. The van der Waals surface area contributed by atoms with Crippen LogP contribution in [0.3, 0.4) is 0 Å². The smallest absolute Gasteiger partial charge is 0.322 e. The number of carbonyl (C=O) groups is 2. The van der Waals surface area contributed by atoms with Gasteiger partial charge in [0.2, 0.25) is 5.91 Å². The summed E-state index contributed by atoms with van der Waals surface area (Å²) < 4.78 is 26.4. The van der Waals surface area contributed by atoms with Crippen LogP contribution >= 0.6 is 0 Å². The summed E-state index contributed by atoms with van der Waals surface area (Å²) in [6, 6.07) is 18.4. The van der Waals surface area contributed by atoms with E-state index in [1.807, 2.05) is 24.3 Å². The molecule has 3 aromatic carbocycles. The second-order valence-corrected chi connectivity index (χ2v) is 8.59. The lowest BCUT2D eigenvalue weighted by atomic mass is 9.73. The van der Waals surface area contributed by atoms with Crippen LogP contribution in [0.15, 0.2) is 72.8 Å². The molecule has 0 spiro atoms. The molecule has 3 amide bonds. The molecular formula is C26H23F2N3O3. The van der Waals surface area contributed by atoms with E-state index in [-0.39, 0.29) is 42.9 Å². The zero-order chi connectivity index (χ0) is 23.8. The van der Waals surface area contributed by atoms with Crippen molar-refractivity contribution in [1.29, 1.82) is 0 Å². The molecule has 2 aliphatic heterocycles. The van der Waals surface area contributed by atoms with Crippen LogP contribution in [0.2, 0.25) is 0 Å². The first-order valence-electron chi connectivity index (χ1n) is 11.0. The molecule has 34 heavy (non-hydrogen) atoms. The van der Waals surface area contributed by atoms with Crippen LogP contribution in [0, 0.1) is 11.6 Å². The van der Waals surface area contributed by atoms with Gasteiger partial charge in [0.15, 0.2) is 0 Å². The second kappa shape index (κ2) is 8.87. The third-order valence-corrected chi connectivity index (χ3v) is 6.61. The lowest BCUT2D eigenvalue weighted by Gasteiger charge is -2.58. The largest absolute Gasteiger partial charge is 0.394 e. The Bertz CT molecular complexity index is 1200. The number of urea groups is 1. The highest BCUT2D eigenvalue weighted by Gasteiger charge is 2.54. The predicted molar refractivity (Wildman–Crippen MR) is 123 cm³/mol. The third kappa shape index (κ3) is 4.01. The van der Waals surface area contributed by atoms with E-state index in [1.165, 1.54) is 41.3 Å². The molecule has 5 rings (SSSR count). The molecule has 2 aliphatic rings. The van der Waals surface area contributed by atoms with Gasteiger partial charge >= 0.3 is 6.03 Å². The van der Waals surface area contributed by atoms with Gasteiger partial charge in [0.25, 0.3) is 0 Å². The van der Waals surface area contributed by atoms with Crippen molar-refractivity contribution in [2.45, 2.75) is 18.0 Å². The number of piperazine rings is 1. The fourth-order valence-corrected chi connectivity index (χ4v) is 4.93. The summed E-state index contributed by atoms with van der Waals surface area (Å²) >= 11 is 0. The number of benzene rings is 3. The Kier molecular flexibility index (Phi) is 5.75. The van der Waals surface area contributed by atoms with E-state index in [0.717, 1.165) is 16.7 Å². The monoisotopic (exact) mass is 463 g/mol. The standard InChI is InChI=1S/C26H23F2N3O3/c27-19-7-5-17(6-8-19)16-1-3-18(4-2-16)25-22-13-30(14-24(33)31(22)23(25)15-32)26(34)29-21-11-9-20(28)10-12-21/h1-12,22-23,25,32H,13-15H2,(H,29,34)/t22-,23+,25+/m1/s1. The Balaban J connectivity index is 1.33. The highest BCUT2D eigenvalue weighted by atomic mass is 19.1. The van der Waals surface area contributed by atoms with Crippen molar-refractivity contribution in [3.05, 3.63) is 90.0 Å². The topological polar surface area (TPSA) is 72.9 Å². The van der Waals surface area contributed by atoms with Crippen LogP contribution in [0.4, 0.5) is 19.3 Å². The fourth-order valence-electron chi connectivity index (χ4n) is 4.93. The van der Waals surface area contributed by atoms with Gasteiger partial charge in [-0.15, -0.1) is 0 Å². The molecule has 2 saturated heterocycles. The van der Waals surface area contributed by atoms with E-state index in [4.69, 9.17) is 0 Å². The van der Waals surface area contributed by atoms with Gasteiger partial charge in [0.05, 0.1) is 18.7 Å².